The van der Waals surface area contributed by atoms with Crippen LogP contribution < -0.4 is 28.3 Å². The molecule has 0 unspecified atom stereocenters. The summed E-state index contributed by atoms with van der Waals surface area (Å²) in [7, 11) is 0. The summed E-state index contributed by atoms with van der Waals surface area (Å²) in [6.07, 6.45) is 16.7. The number of esters is 1. The summed E-state index contributed by atoms with van der Waals surface area (Å²) in [5.74, 6) is 2.03. The van der Waals surface area contributed by atoms with Crippen molar-refractivity contribution in [2.24, 2.45) is 34.5 Å². The molecule has 13 nitrogen and oxygen atoms in total. The second kappa shape index (κ2) is 23.9. The maximum absolute atomic E-state index is 11.9. The number of fused-ring (bicyclic) bond motifs is 2. The van der Waals surface area contributed by atoms with Crippen LogP contribution in [-0.2, 0) is 27.4 Å². The summed E-state index contributed by atoms with van der Waals surface area (Å²) in [5.41, 5.74) is 4.52. The number of piperidine rings is 2. The van der Waals surface area contributed by atoms with Gasteiger partial charge in [-0.1, -0.05) is 41.5 Å². The average molecular weight is 903 g/mol. The first-order valence-electron chi connectivity index (χ1n) is 24.3. The number of pyridine rings is 4. The molecule has 356 valence electrons. The normalized spacial score (nSPS) is 22.6. The van der Waals surface area contributed by atoms with Gasteiger partial charge in [0.2, 0.25) is 11.8 Å². The third-order valence-electron chi connectivity index (χ3n) is 14.5. The van der Waals surface area contributed by atoms with Crippen molar-refractivity contribution in [2.45, 2.75) is 151 Å². The third-order valence-corrected chi connectivity index (χ3v) is 14.5. The summed E-state index contributed by atoms with van der Waals surface area (Å²) < 4.78 is 17.6. The Morgan fingerprint density at radius 2 is 1.02 bits per heavy atom. The smallest absolute Gasteiger partial charge is 0.870 e. The largest absolute Gasteiger partial charge is 1.00 e. The van der Waals surface area contributed by atoms with Crippen LogP contribution in [-0.4, -0.2) is 97.3 Å². The van der Waals surface area contributed by atoms with Crippen LogP contribution in [0.3, 0.4) is 0 Å². The molecular formula is C52H75LiN6O7. The Bertz CT molecular complexity index is 2160. The molecule has 4 aliphatic rings. The van der Waals surface area contributed by atoms with E-state index in [0.29, 0.717) is 34.8 Å². The number of carboxylic acids is 1. The molecule has 2 N–H and O–H groups in total. The minimum Gasteiger partial charge on any atom is -0.870 e. The first kappa shape index (κ1) is 53.1. The molecule has 2 saturated heterocycles. The summed E-state index contributed by atoms with van der Waals surface area (Å²) in [4.78, 5) is 46.3. The number of likely N-dealkylation sites (tertiary alicyclic amines) is 2. The number of nitrogens with zero attached hydrogens (tertiary/aromatic N) is 6. The van der Waals surface area contributed by atoms with E-state index < -0.39 is 5.97 Å². The quantitative estimate of drug-likeness (QED) is 0.119. The molecule has 2 aliphatic carbocycles. The van der Waals surface area contributed by atoms with E-state index in [4.69, 9.17) is 19.3 Å². The van der Waals surface area contributed by atoms with Crippen molar-refractivity contribution in [1.82, 2.24) is 29.7 Å². The summed E-state index contributed by atoms with van der Waals surface area (Å²) >= 11 is 0. The number of carbonyl (C=O) groups excluding carboxylic acids is 1. The first-order chi connectivity index (χ1) is 30.6. The number of aliphatic carboxylic acids is 1. The zero-order valence-corrected chi connectivity index (χ0v) is 41.1. The van der Waals surface area contributed by atoms with E-state index in [9.17, 15) is 9.59 Å². The van der Waals surface area contributed by atoms with Gasteiger partial charge >= 0.3 is 30.8 Å². The number of ether oxygens (including phenoxy) is 3. The SMILES string of the molecule is CC(C)(C)C1CCC(Oc2ccc3cc(CN4CCC(C(=O)O)CC4)cnc3n2)CC1.CCOC(=O)C1CCN(Cc2cnc3nc(OC4CCC(C(C)(C)C)CC4)ccc3c2)CC1.[Li+].[OH-]. The van der Waals surface area contributed by atoms with E-state index >= 15 is 0 Å². The van der Waals surface area contributed by atoms with Crippen LogP contribution in [0, 0.1) is 34.5 Å². The van der Waals surface area contributed by atoms with Gasteiger partial charge in [0, 0.05) is 48.4 Å². The topological polar surface area (TPSA) is 170 Å². The van der Waals surface area contributed by atoms with Crippen LogP contribution in [0.4, 0.5) is 0 Å². The molecule has 8 rings (SSSR count). The average Bonchev–Trinajstić information content (AvgIpc) is 3.27. The molecule has 4 aromatic heterocycles. The first-order valence-corrected chi connectivity index (χ1v) is 24.3. The van der Waals surface area contributed by atoms with E-state index in [-0.39, 0.29) is 54.3 Å². The van der Waals surface area contributed by atoms with E-state index in [1.807, 2.05) is 37.5 Å². The summed E-state index contributed by atoms with van der Waals surface area (Å²) in [6, 6.07) is 12.4. The van der Waals surface area contributed by atoms with Gasteiger partial charge in [0.05, 0.1) is 18.4 Å². The molecule has 0 atom stereocenters. The van der Waals surface area contributed by atoms with Gasteiger partial charge in [-0.3, -0.25) is 19.4 Å². The Morgan fingerprint density at radius 3 is 1.38 bits per heavy atom. The molecule has 0 aromatic carbocycles. The van der Waals surface area contributed by atoms with Gasteiger partial charge in [-0.25, -0.2) is 9.97 Å². The van der Waals surface area contributed by atoms with Crippen molar-refractivity contribution in [3.05, 3.63) is 59.9 Å². The van der Waals surface area contributed by atoms with Gasteiger partial charge in [-0.2, -0.15) is 9.97 Å². The monoisotopic (exact) mass is 903 g/mol. The summed E-state index contributed by atoms with van der Waals surface area (Å²) in [5, 5.41) is 11.2. The van der Waals surface area contributed by atoms with Gasteiger partial charge in [0.15, 0.2) is 11.3 Å². The van der Waals surface area contributed by atoms with Crippen molar-refractivity contribution in [3.63, 3.8) is 0 Å². The molecule has 4 fully saturated rings. The third kappa shape index (κ3) is 14.8. The Labute approximate surface area is 405 Å². The van der Waals surface area contributed by atoms with Crippen LogP contribution in [0.25, 0.3) is 22.1 Å². The molecule has 66 heavy (non-hydrogen) atoms. The van der Waals surface area contributed by atoms with Crippen molar-refractivity contribution >= 4 is 34.0 Å². The number of aromatic nitrogens is 4. The fraction of sp³-hybridized carbons (Fsp3) is 0.654. The summed E-state index contributed by atoms with van der Waals surface area (Å²) in [6.45, 7) is 21.4. The van der Waals surface area contributed by atoms with Crippen LogP contribution in [0.5, 0.6) is 11.8 Å². The zero-order chi connectivity index (χ0) is 45.4. The van der Waals surface area contributed by atoms with E-state index in [1.165, 1.54) is 31.2 Å². The number of rotatable bonds is 11. The molecule has 0 radical (unpaired) electrons. The van der Waals surface area contributed by atoms with Gasteiger partial charge in [0.1, 0.15) is 12.2 Å². The molecule has 6 heterocycles. The minimum absolute atomic E-state index is 0. The molecule has 14 heteroatoms. The maximum Gasteiger partial charge on any atom is 1.00 e. The van der Waals surface area contributed by atoms with Crippen molar-refractivity contribution in [1.29, 1.82) is 0 Å². The molecule has 0 amide bonds. The molecule has 4 aromatic rings. The predicted octanol–water partition coefficient (Wildman–Crippen LogP) is 7.13. The van der Waals surface area contributed by atoms with E-state index in [2.05, 4.69) is 89.5 Å². The van der Waals surface area contributed by atoms with Crippen molar-refractivity contribution in [2.75, 3.05) is 32.8 Å². The Morgan fingerprint density at radius 1 is 0.621 bits per heavy atom. The maximum atomic E-state index is 11.9. The molecular weight excluding hydrogens is 828 g/mol. The number of hydrogen-bond donors (Lipinski definition) is 1. The van der Waals surface area contributed by atoms with Gasteiger partial charge < -0.3 is 24.8 Å². The predicted molar refractivity (Wildman–Crippen MR) is 253 cm³/mol. The Balaban J connectivity index is 0.000000241. The fourth-order valence-electron chi connectivity index (χ4n) is 10.3. The number of carbonyl (C=O) groups is 2. The van der Waals surface area contributed by atoms with Crippen molar-refractivity contribution < 1.29 is 53.2 Å². The Kier molecular flexibility index (Phi) is 19.2. The molecule has 2 saturated carbocycles. The van der Waals surface area contributed by atoms with Crippen molar-refractivity contribution in [3.8, 4) is 11.8 Å². The Hall–Kier alpha value is -3.86. The standard InChI is InChI=1S/C27H39N3O3.C25H35N3O3.Li.H2O/c1-5-32-26(31)20-12-14-30(15-13-20)18-19-16-21-6-11-24(29-25(21)28-17-19)33-23-9-7-22(8-10-23)27(2,3)4;1-25(2,3)20-5-7-21(8-6-20)31-22-9-4-19-14-17(15-26-23(19)27-22)16-28-12-10-18(11-13-28)24(29)30;;/h6,11,16-17,20,22-23H,5,7-10,12-15,18H2,1-4H3;4,9,14-15,18,20-21H,5-8,10-13,16H2,1-3H3,(H,29,30);;1H2/q;;+1;/p-1. The zero-order valence-electron chi connectivity index (χ0n) is 41.1. The minimum atomic E-state index is -0.668. The molecule has 0 spiro atoms. The van der Waals surface area contributed by atoms with E-state index in [1.54, 1.807) is 0 Å². The molecule has 2 aliphatic heterocycles. The van der Waals surface area contributed by atoms with Crippen LogP contribution in [0.2, 0.25) is 0 Å². The fourth-order valence-corrected chi connectivity index (χ4v) is 10.3. The number of hydrogen-bond acceptors (Lipinski definition) is 12. The second-order valence-corrected chi connectivity index (χ2v) is 21.2. The van der Waals surface area contributed by atoms with E-state index in [0.717, 1.165) is 124 Å². The van der Waals surface area contributed by atoms with Gasteiger partial charge in [-0.05, 0) is 168 Å². The van der Waals surface area contributed by atoms with Crippen LogP contribution in [0.1, 0.15) is 137 Å². The van der Waals surface area contributed by atoms with Crippen LogP contribution in [0.15, 0.2) is 48.8 Å². The van der Waals surface area contributed by atoms with Crippen LogP contribution >= 0.6 is 0 Å². The van der Waals surface area contributed by atoms with Gasteiger partial charge in [0.25, 0.3) is 0 Å². The van der Waals surface area contributed by atoms with Gasteiger partial charge in [-0.15, -0.1) is 0 Å². The second-order valence-electron chi connectivity index (χ2n) is 21.2. The molecule has 0 bridgehead atoms. The number of carboxylic acid groups (broad SMARTS) is 1.